The van der Waals surface area contributed by atoms with Crippen molar-refractivity contribution in [1.82, 2.24) is 0 Å². The summed E-state index contributed by atoms with van der Waals surface area (Å²) in [5.74, 6) is 0.227. The molecular weight excluding hydrogens is 287 g/mol. The zero-order chi connectivity index (χ0) is 12.3. The third-order valence-corrected chi connectivity index (χ3v) is 2.94. The van der Waals surface area contributed by atoms with E-state index in [2.05, 4.69) is 21.2 Å². The molecule has 1 N–H and O–H groups in total. The summed E-state index contributed by atoms with van der Waals surface area (Å²) < 4.78 is 19.2. The van der Waals surface area contributed by atoms with Gasteiger partial charge in [0.05, 0.1) is 22.8 Å². The van der Waals surface area contributed by atoms with Crippen molar-refractivity contribution < 1.29 is 8.81 Å². The molecule has 3 nitrogen and oxygen atoms in total. The van der Waals surface area contributed by atoms with Crippen molar-refractivity contribution in [2.24, 2.45) is 0 Å². The molecule has 86 valence electrons. The number of anilines is 1. The van der Waals surface area contributed by atoms with E-state index >= 15 is 0 Å². The molecule has 2 aromatic rings. The molecule has 0 unspecified atom stereocenters. The number of hydrogen-bond acceptors (Lipinski definition) is 3. The Hall–Kier alpha value is -1.80. The minimum atomic E-state index is -0.516. The maximum absolute atomic E-state index is 13.1. The van der Waals surface area contributed by atoms with E-state index in [-0.39, 0.29) is 5.56 Å². The van der Waals surface area contributed by atoms with E-state index in [1.165, 1.54) is 12.1 Å². The number of nitrogens with zero attached hydrogens (tertiary/aromatic N) is 1. The zero-order valence-corrected chi connectivity index (χ0v) is 10.3. The van der Waals surface area contributed by atoms with Crippen LogP contribution >= 0.6 is 15.9 Å². The fraction of sp³-hybridized carbons (Fsp3) is 0.0833. The summed E-state index contributed by atoms with van der Waals surface area (Å²) in [7, 11) is 0. The molecule has 1 heterocycles. The standard InChI is InChI=1S/C12H8BrFN2O/c13-10-3-4-17-12(10)7-16-9-1-2-11(14)8(5-9)6-15/h1-5,16H,7H2. The quantitative estimate of drug-likeness (QED) is 0.940. The van der Waals surface area contributed by atoms with Crippen molar-refractivity contribution in [3.05, 3.63) is 52.1 Å². The number of benzene rings is 1. The van der Waals surface area contributed by atoms with Gasteiger partial charge in [0.1, 0.15) is 17.6 Å². The van der Waals surface area contributed by atoms with Crippen molar-refractivity contribution in [3.63, 3.8) is 0 Å². The third kappa shape index (κ3) is 2.66. The maximum Gasteiger partial charge on any atom is 0.141 e. The van der Waals surface area contributed by atoms with E-state index in [0.717, 1.165) is 10.2 Å². The summed E-state index contributed by atoms with van der Waals surface area (Å²) in [6, 6.07) is 7.89. The first-order chi connectivity index (χ1) is 8.20. The van der Waals surface area contributed by atoms with Gasteiger partial charge >= 0.3 is 0 Å². The molecule has 0 amide bonds. The first-order valence-corrected chi connectivity index (χ1v) is 5.65. The summed E-state index contributed by atoms with van der Waals surface area (Å²) >= 11 is 3.33. The van der Waals surface area contributed by atoms with Crippen LogP contribution in [0.25, 0.3) is 0 Å². The minimum Gasteiger partial charge on any atom is -0.466 e. The van der Waals surface area contributed by atoms with Gasteiger partial charge in [0.2, 0.25) is 0 Å². The topological polar surface area (TPSA) is 49.0 Å². The van der Waals surface area contributed by atoms with Gasteiger partial charge < -0.3 is 9.73 Å². The van der Waals surface area contributed by atoms with Crippen molar-refractivity contribution >= 4 is 21.6 Å². The lowest BCUT2D eigenvalue weighted by atomic mass is 10.2. The highest BCUT2D eigenvalue weighted by Gasteiger charge is 2.05. The lowest BCUT2D eigenvalue weighted by Gasteiger charge is -2.05. The molecule has 0 aliphatic carbocycles. The Labute approximate surface area is 106 Å². The van der Waals surface area contributed by atoms with E-state index < -0.39 is 5.82 Å². The Morgan fingerprint density at radius 2 is 2.24 bits per heavy atom. The Bertz CT molecular complexity index is 574. The maximum atomic E-state index is 13.1. The van der Waals surface area contributed by atoms with Crippen LogP contribution in [-0.2, 0) is 6.54 Å². The van der Waals surface area contributed by atoms with E-state index in [9.17, 15) is 4.39 Å². The lowest BCUT2D eigenvalue weighted by Crippen LogP contribution is -1.99. The molecule has 2 rings (SSSR count). The van der Waals surface area contributed by atoms with Crippen LogP contribution in [0, 0.1) is 17.1 Å². The highest BCUT2D eigenvalue weighted by molar-refractivity contribution is 9.10. The zero-order valence-electron chi connectivity index (χ0n) is 8.71. The van der Waals surface area contributed by atoms with Crippen LogP contribution in [-0.4, -0.2) is 0 Å². The number of hydrogen-bond donors (Lipinski definition) is 1. The summed E-state index contributed by atoms with van der Waals surface area (Å²) in [6.07, 6.45) is 1.58. The molecule has 0 bridgehead atoms. The van der Waals surface area contributed by atoms with Crippen LogP contribution in [0.3, 0.4) is 0 Å². The van der Waals surface area contributed by atoms with E-state index in [1.807, 2.05) is 0 Å². The van der Waals surface area contributed by atoms with Crippen molar-refractivity contribution in [2.75, 3.05) is 5.32 Å². The Balaban J connectivity index is 2.10. The normalized spacial score (nSPS) is 9.94. The molecule has 0 radical (unpaired) electrons. The summed E-state index contributed by atoms with van der Waals surface area (Å²) in [6.45, 7) is 0.462. The first kappa shape index (κ1) is 11.7. The Morgan fingerprint density at radius 1 is 1.41 bits per heavy atom. The SMILES string of the molecule is N#Cc1cc(NCc2occc2Br)ccc1F. The van der Waals surface area contributed by atoms with Crippen LogP contribution in [0.4, 0.5) is 10.1 Å². The van der Waals surface area contributed by atoms with Crippen LogP contribution in [0.5, 0.6) is 0 Å². The van der Waals surface area contributed by atoms with Crippen LogP contribution in [0.1, 0.15) is 11.3 Å². The van der Waals surface area contributed by atoms with Gasteiger partial charge in [0.25, 0.3) is 0 Å². The second-order valence-electron chi connectivity index (χ2n) is 3.35. The fourth-order valence-corrected chi connectivity index (χ4v) is 1.70. The second-order valence-corrected chi connectivity index (χ2v) is 4.21. The fourth-order valence-electron chi connectivity index (χ4n) is 1.35. The van der Waals surface area contributed by atoms with Gasteiger partial charge in [-0.1, -0.05) is 0 Å². The number of halogens is 2. The van der Waals surface area contributed by atoms with Gasteiger partial charge in [0.15, 0.2) is 0 Å². The molecule has 0 spiro atoms. The highest BCUT2D eigenvalue weighted by Crippen LogP contribution is 2.20. The summed E-state index contributed by atoms with van der Waals surface area (Å²) in [4.78, 5) is 0. The molecule has 0 aliphatic heterocycles. The first-order valence-electron chi connectivity index (χ1n) is 4.86. The molecule has 0 atom stereocenters. The molecule has 0 fully saturated rings. The van der Waals surface area contributed by atoms with Gasteiger partial charge in [-0.25, -0.2) is 4.39 Å². The Morgan fingerprint density at radius 3 is 2.88 bits per heavy atom. The monoisotopic (exact) mass is 294 g/mol. The predicted molar refractivity (Wildman–Crippen MR) is 64.8 cm³/mol. The second kappa shape index (κ2) is 5.02. The average Bonchev–Trinajstić information content (AvgIpc) is 2.74. The van der Waals surface area contributed by atoms with E-state index in [0.29, 0.717) is 12.2 Å². The lowest BCUT2D eigenvalue weighted by molar-refractivity contribution is 0.516. The molecule has 0 saturated heterocycles. The molecule has 5 heteroatoms. The average molecular weight is 295 g/mol. The minimum absolute atomic E-state index is 0.0218. The van der Waals surface area contributed by atoms with Crippen LogP contribution in [0.2, 0.25) is 0 Å². The predicted octanol–water partition coefficient (Wildman–Crippen LogP) is 3.66. The van der Waals surface area contributed by atoms with Crippen LogP contribution < -0.4 is 5.32 Å². The van der Waals surface area contributed by atoms with Gasteiger partial charge in [-0.05, 0) is 40.2 Å². The largest absolute Gasteiger partial charge is 0.466 e. The number of nitrogens with one attached hydrogen (secondary N) is 1. The van der Waals surface area contributed by atoms with Crippen molar-refractivity contribution in [3.8, 4) is 6.07 Å². The van der Waals surface area contributed by atoms with Crippen molar-refractivity contribution in [2.45, 2.75) is 6.54 Å². The molecule has 0 saturated carbocycles. The smallest absolute Gasteiger partial charge is 0.141 e. The Kier molecular flexibility index (Phi) is 3.45. The highest BCUT2D eigenvalue weighted by atomic mass is 79.9. The summed E-state index contributed by atoms with van der Waals surface area (Å²) in [5, 5.41) is 11.7. The number of nitriles is 1. The number of rotatable bonds is 3. The van der Waals surface area contributed by atoms with Gasteiger partial charge in [-0.15, -0.1) is 0 Å². The van der Waals surface area contributed by atoms with Crippen LogP contribution in [0.15, 0.2) is 39.4 Å². The summed E-state index contributed by atoms with van der Waals surface area (Å²) in [5.41, 5.74) is 0.694. The van der Waals surface area contributed by atoms with E-state index in [1.54, 1.807) is 24.5 Å². The molecular formula is C12H8BrFN2O. The molecule has 1 aromatic carbocycles. The number of furan rings is 1. The molecule has 17 heavy (non-hydrogen) atoms. The van der Waals surface area contributed by atoms with Gasteiger partial charge in [-0.2, -0.15) is 5.26 Å². The molecule has 1 aromatic heterocycles. The van der Waals surface area contributed by atoms with Gasteiger partial charge in [-0.3, -0.25) is 0 Å². The molecule has 0 aliphatic rings. The van der Waals surface area contributed by atoms with Crippen molar-refractivity contribution in [1.29, 1.82) is 5.26 Å². The third-order valence-electron chi connectivity index (χ3n) is 2.23. The van der Waals surface area contributed by atoms with E-state index in [4.69, 9.17) is 9.68 Å². The van der Waals surface area contributed by atoms with Gasteiger partial charge in [0, 0.05) is 5.69 Å².